The lowest BCUT2D eigenvalue weighted by Gasteiger charge is -2.11. The number of para-hydroxylation sites is 1. The van der Waals surface area contributed by atoms with Crippen molar-refractivity contribution in [2.75, 3.05) is 13.1 Å². The van der Waals surface area contributed by atoms with Gasteiger partial charge in [-0.25, -0.2) is 0 Å². The van der Waals surface area contributed by atoms with Crippen LogP contribution >= 0.6 is 24.8 Å². The molecule has 21 heavy (non-hydrogen) atoms. The first kappa shape index (κ1) is 19.6. The Hall–Kier alpha value is -1.36. The van der Waals surface area contributed by atoms with E-state index in [2.05, 4.69) is 10.3 Å². The molecule has 2 rings (SSSR count). The first-order chi connectivity index (χ1) is 9.11. The third-order valence-corrected chi connectivity index (χ3v) is 3.12. The molecule has 0 aliphatic heterocycles. The van der Waals surface area contributed by atoms with Crippen molar-refractivity contribution in [2.45, 2.75) is 13.8 Å². The zero-order chi connectivity index (χ0) is 13.8. The molecule has 0 fully saturated rings. The van der Waals surface area contributed by atoms with Crippen molar-refractivity contribution in [1.29, 1.82) is 0 Å². The molecular formula is C15H21Cl2N3O. The van der Waals surface area contributed by atoms with Gasteiger partial charge in [0.2, 0.25) is 0 Å². The fourth-order valence-corrected chi connectivity index (χ4v) is 1.87. The SMILES string of the molecule is Cc1ccc2cccc(C(=O)NCC(C)CN)c2n1.Cl.Cl. The van der Waals surface area contributed by atoms with Crippen molar-refractivity contribution in [3.63, 3.8) is 0 Å². The molecule has 0 aliphatic carbocycles. The van der Waals surface area contributed by atoms with Gasteiger partial charge in [0.1, 0.15) is 0 Å². The van der Waals surface area contributed by atoms with Crippen LogP contribution in [-0.2, 0) is 0 Å². The van der Waals surface area contributed by atoms with E-state index in [9.17, 15) is 4.79 Å². The Balaban J connectivity index is 0.00000200. The number of aryl methyl sites for hydroxylation is 1. The van der Waals surface area contributed by atoms with Gasteiger partial charge >= 0.3 is 0 Å². The standard InChI is InChI=1S/C15H19N3O.2ClH/c1-10(8-16)9-17-15(19)13-5-3-4-12-7-6-11(2)18-14(12)13;;/h3-7,10H,8-9,16H2,1-2H3,(H,17,19);2*1H. The fourth-order valence-electron chi connectivity index (χ4n) is 1.87. The monoisotopic (exact) mass is 329 g/mol. The number of fused-ring (bicyclic) bond motifs is 1. The molecule has 6 heteroatoms. The average molecular weight is 330 g/mol. The molecule has 1 atom stereocenters. The zero-order valence-electron chi connectivity index (χ0n) is 12.1. The van der Waals surface area contributed by atoms with Crippen LogP contribution in [-0.4, -0.2) is 24.0 Å². The number of carbonyl (C=O) groups excluding carboxylic acids is 1. The Morgan fingerprint density at radius 2 is 2.00 bits per heavy atom. The van der Waals surface area contributed by atoms with Crippen LogP contribution in [0.2, 0.25) is 0 Å². The van der Waals surface area contributed by atoms with Gasteiger partial charge in [0.05, 0.1) is 11.1 Å². The molecule has 1 unspecified atom stereocenters. The molecule has 0 spiro atoms. The number of nitrogens with one attached hydrogen (secondary N) is 1. The Labute approximate surface area is 137 Å². The summed E-state index contributed by atoms with van der Waals surface area (Å²) < 4.78 is 0. The maximum atomic E-state index is 12.2. The van der Waals surface area contributed by atoms with E-state index in [0.717, 1.165) is 16.6 Å². The largest absolute Gasteiger partial charge is 0.352 e. The van der Waals surface area contributed by atoms with Gasteiger partial charge in [0.15, 0.2) is 0 Å². The number of hydrogen-bond donors (Lipinski definition) is 2. The third-order valence-electron chi connectivity index (χ3n) is 3.12. The lowest BCUT2D eigenvalue weighted by molar-refractivity contribution is 0.0950. The summed E-state index contributed by atoms with van der Waals surface area (Å²) in [7, 11) is 0. The Bertz CT molecular complexity index is 604. The van der Waals surface area contributed by atoms with E-state index in [1.54, 1.807) is 6.07 Å². The Kier molecular flexibility index (Phi) is 8.25. The van der Waals surface area contributed by atoms with Crippen LogP contribution < -0.4 is 11.1 Å². The van der Waals surface area contributed by atoms with Gasteiger partial charge in [-0.2, -0.15) is 0 Å². The van der Waals surface area contributed by atoms with E-state index in [4.69, 9.17) is 5.73 Å². The highest BCUT2D eigenvalue weighted by molar-refractivity contribution is 6.05. The van der Waals surface area contributed by atoms with Crippen molar-refractivity contribution in [2.24, 2.45) is 11.7 Å². The second kappa shape index (κ2) is 8.82. The summed E-state index contributed by atoms with van der Waals surface area (Å²) in [5.74, 6) is 0.178. The average Bonchev–Trinajstić information content (AvgIpc) is 2.43. The molecule has 1 aromatic carbocycles. The van der Waals surface area contributed by atoms with Crippen LogP contribution in [0.1, 0.15) is 23.0 Å². The minimum atomic E-state index is -0.0935. The van der Waals surface area contributed by atoms with Crippen LogP contribution in [0.3, 0.4) is 0 Å². The third kappa shape index (κ3) is 4.84. The molecule has 116 valence electrons. The highest BCUT2D eigenvalue weighted by Gasteiger charge is 2.11. The number of carbonyl (C=O) groups is 1. The summed E-state index contributed by atoms with van der Waals surface area (Å²) in [6, 6.07) is 9.57. The quantitative estimate of drug-likeness (QED) is 0.906. The van der Waals surface area contributed by atoms with E-state index in [0.29, 0.717) is 18.7 Å². The molecule has 1 amide bonds. The van der Waals surface area contributed by atoms with E-state index in [1.807, 2.05) is 38.1 Å². The normalized spacial score (nSPS) is 11.2. The predicted octanol–water partition coefficient (Wildman–Crippen LogP) is 2.71. The molecule has 1 aromatic heterocycles. The summed E-state index contributed by atoms with van der Waals surface area (Å²) in [6.45, 7) is 5.07. The van der Waals surface area contributed by atoms with Gasteiger partial charge in [-0.3, -0.25) is 9.78 Å². The number of halogens is 2. The lowest BCUT2D eigenvalue weighted by Crippen LogP contribution is -2.31. The lowest BCUT2D eigenvalue weighted by atomic mass is 10.1. The summed E-state index contributed by atoms with van der Waals surface area (Å²) in [5.41, 5.74) is 7.82. The van der Waals surface area contributed by atoms with Crippen LogP contribution in [0.4, 0.5) is 0 Å². The molecular weight excluding hydrogens is 309 g/mol. The molecule has 2 aromatic rings. The van der Waals surface area contributed by atoms with Crippen molar-refractivity contribution >= 4 is 41.6 Å². The van der Waals surface area contributed by atoms with Gasteiger partial charge in [0.25, 0.3) is 5.91 Å². The van der Waals surface area contributed by atoms with Crippen LogP contribution in [0.5, 0.6) is 0 Å². The van der Waals surface area contributed by atoms with E-state index < -0.39 is 0 Å². The van der Waals surface area contributed by atoms with Crippen molar-refractivity contribution < 1.29 is 4.79 Å². The number of pyridine rings is 1. The molecule has 1 heterocycles. The highest BCUT2D eigenvalue weighted by atomic mass is 35.5. The molecule has 3 N–H and O–H groups in total. The first-order valence-corrected chi connectivity index (χ1v) is 6.46. The van der Waals surface area contributed by atoms with Crippen LogP contribution in [0.25, 0.3) is 10.9 Å². The second-order valence-electron chi connectivity index (χ2n) is 4.88. The van der Waals surface area contributed by atoms with E-state index in [1.165, 1.54) is 0 Å². The van der Waals surface area contributed by atoms with Crippen molar-refractivity contribution in [3.05, 3.63) is 41.6 Å². The van der Waals surface area contributed by atoms with Gasteiger partial charge in [-0.15, -0.1) is 24.8 Å². The van der Waals surface area contributed by atoms with Crippen molar-refractivity contribution in [1.82, 2.24) is 10.3 Å². The van der Waals surface area contributed by atoms with Gasteiger partial charge in [0, 0.05) is 17.6 Å². The smallest absolute Gasteiger partial charge is 0.253 e. The summed E-state index contributed by atoms with van der Waals surface area (Å²) in [6.07, 6.45) is 0. The molecule has 0 radical (unpaired) electrons. The van der Waals surface area contributed by atoms with Crippen LogP contribution in [0, 0.1) is 12.8 Å². The highest BCUT2D eigenvalue weighted by Crippen LogP contribution is 2.17. The predicted molar refractivity (Wildman–Crippen MR) is 91.5 cm³/mol. The number of nitrogens with zero attached hydrogens (tertiary/aromatic N) is 1. The maximum absolute atomic E-state index is 12.2. The number of hydrogen-bond acceptors (Lipinski definition) is 3. The van der Waals surface area contributed by atoms with Crippen molar-refractivity contribution in [3.8, 4) is 0 Å². The van der Waals surface area contributed by atoms with Gasteiger partial charge < -0.3 is 11.1 Å². The van der Waals surface area contributed by atoms with E-state index >= 15 is 0 Å². The minimum absolute atomic E-state index is 0. The molecule has 0 bridgehead atoms. The molecule has 0 saturated heterocycles. The van der Waals surface area contributed by atoms with Crippen LogP contribution in [0.15, 0.2) is 30.3 Å². The second-order valence-corrected chi connectivity index (χ2v) is 4.88. The van der Waals surface area contributed by atoms with Gasteiger partial charge in [-0.1, -0.05) is 25.1 Å². The maximum Gasteiger partial charge on any atom is 0.253 e. The number of rotatable bonds is 4. The summed E-state index contributed by atoms with van der Waals surface area (Å²) in [5, 5.41) is 3.88. The summed E-state index contributed by atoms with van der Waals surface area (Å²) in [4.78, 5) is 16.7. The minimum Gasteiger partial charge on any atom is -0.352 e. The molecule has 4 nitrogen and oxygen atoms in total. The topological polar surface area (TPSA) is 68.0 Å². The number of aromatic nitrogens is 1. The first-order valence-electron chi connectivity index (χ1n) is 6.46. The molecule has 0 aliphatic rings. The molecule has 0 saturated carbocycles. The Morgan fingerprint density at radius 1 is 1.29 bits per heavy atom. The van der Waals surface area contributed by atoms with E-state index in [-0.39, 0.29) is 36.6 Å². The fraction of sp³-hybridized carbons (Fsp3) is 0.333. The summed E-state index contributed by atoms with van der Waals surface area (Å²) >= 11 is 0. The Morgan fingerprint density at radius 3 is 2.67 bits per heavy atom. The van der Waals surface area contributed by atoms with Gasteiger partial charge in [-0.05, 0) is 31.5 Å². The number of benzene rings is 1. The number of nitrogens with two attached hydrogens (primary N) is 1. The zero-order valence-corrected chi connectivity index (χ0v) is 13.8. The number of amides is 1.